The molecule has 132 valence electrons. The number of fused-ring (bicyclic) bond motifs is 1. The Hall–Kier alpha value is -2.10. The van der Waals surface area contributed by atoms with E-state index in [1.165, 1.54) is 42.4 Å². The minimum Gasteiger partial charge on any atom is -0.342 e. The Bertz CT molecular complexity index is 792. The first-order valence-corrected chi connectivity index (χ1v) is 9.48. The van der Waals surface area contributed by atoms with Crippen molar-refractivity contribution in [2.45, 2.75) is 51.4 Å². The van der Waals surface area contributed by atoms with Crippen molar-refractivity contribution in [1.82, 2.24) is 14.5 Å². The zero-order valence-corrected chi connectivity index (χ0v) is 15.3. The SMILES string of the molecule is Cc1cn(C)c(C2CCN(C(=O)Cc3ccc4c(c3)CCCC4)C2)n1. The molecule has 0 bridgehead atoms. The lowest BCUT2D eigenvalue weighted by molar-refractivity contribution is -0.129. The van der Waals surface area contributed by atoms with E-state index in [2.05, 4.69) is 33.9 Å². The molecule has 0 N–H and O–H groups in total. The van der Waals surface area contributed by atoms with Gasteiger partial charge in [-0.05, 0) is 55.7 Å². The first-order chi connectivity index (χ1) is 12.1. The van der Waals surface area contributed by atoms with Crippen LogP contribution < -0.4 is 0 Å². The molecule has 0 saturated carbocycles. The number of hydrogen-bond acceptors (Lipinski definition) is 2. The van der Waals surface area contributed by atoms with Crippen molar-refractivity contribution in [3.05, 3.63) is 52.6 Å². The maximum Gasteiger partial charge on any atom is 0.227 e. The molecule has 4 rings (SSSR count). The van der Waals surface area contributed by atoms with Gasteiger partial charge in [-0.2, -0.15) is 0 Å². The van der Waals surface area contributed by atoms with E-state index in [1.54, 1.807) is 0 Å². The Morgan fingerprint density at radius 1 is 1.24 bits per heavy atom. The van der Waals surface area contributed by atoms with E-state index < -0.39 is 0 Å². The van der Waals surface area contributed by atoms with Crippen molar-refractivity contribution < 1.29 is 4.79 Å². The molecular weight excluding hydrogens is 310 g/mol. The second kappa shape index (κ2) is 6.66. The summed E-state index contributed by atoms with van der Waals surface area (Å²) in [5.41, 5.74) is 5.16. The maximum atomic E-state index is 12.7. The number of hydrogen-bond donors (Lipinski definition) is 0. The average Bonchev–Trinajstić information content (AvgIpc) is 3.21. The second-order valence-corrected chi connectivity index (χ2v) is 7.66. The number of imidazole rings is 1. The van der Waals surface area contributed by atoms with Crippen LogP contribution in [-0.2, 0) is 31.1 Å². The van der Waals surface area contributed by atoms with Gasteiger partial charge in [0.25, 0.3) is 0 Å². The number of carbonyl (C=O) groups excluding carboxylic acids is 1. The summed E-state index contributed by atoms with van der Waals surface area (Å²) < 4.78 is 2.11. The van der Waals surface area contributed by atoms with Crippen molar-refractivity contribution in [2.24, 2.45) is 7.05 Å². The van der Waals surface area contributed by atoms with E-state index in [0.717, 1.165) is 31.0 Å². The summed E-state index contributed by atoms with van der Waals surface area (Å²) in [6.07, 6.45) is 8.54. The predicted octanol–water partition coefficient (Wildman–Crippen LogP) is 3.17. The molecule has 1 unspecified atom stereocenters. The van der Waals surface area contributed by atoms with Crippen molar-refractivity contribution in [1.29, 1.82) is 0 Å². The molecular formula is C21H27N3O. The van der Waals surface area contributed by atoms with E-state index in [9.17, 15) is 4.79 Å². The van der Waals surface area contributed by atoms with Crippen molar-refractivity contribution in [3.8, 4) is 0 Å². The zero-order chi connectivity index (χ0) is 17.4. The predicted molar refractivity (Wildman–Crippen MR) is 98.7 cm³/mol. The van der Waals surface area contributed by atoms with Gasteiger partial charge in [0.15, 0.2) is 0 Å². The number of aromatic nitrogens is 2. The Labute approximate surface area is 149 Å². The summed E-state index contributed by atoms with van der Waals surface area (Å²) in [6, 6.07) is 6.65. The summed E-state index contributed by atoms with van der Waals surface area (Å²) in [5, 5.41) is 0. The number of carbonyl (C=O) groups is 1. The first kappa shape index (κ1) is 16.4. The quantitative estimate of drug-likeness (QED) is 0.863. The average molecular weight is 337 g/mol. The molecule has 1 aliphatic carbocycles. The van der Waals surface area contributed by atoms with Crippen molar-refractivity contribution in [2.75, 3.05) is 13.1 Å². The second-order valence-electron chi connectivity index (χ2n) is 7.66. The summed E-state index contributed by atoms with van der Waals surface area (Å²) in [7, 11) is 2.05. The highest BCUT2D eigenvalue weighted by Crippen LogP contribution is 2.27. The number of rotatable bonds is 3. The third-order valence-corrected chi connectivity index (χ3v) is 5.71. The molecule has 1 aliphatic heterocycles. The third-order valence-electron chi connectivity index (χ3n) is 5.71. The standard InChI is InChI=1S/C21H27N3O/c1-15-13-23(2)21(22-15)19-9-10-24(14-19)20(25)12-16-7-8-17-5-3-4-6-18(17)11-16/h7-8,11,13,19H,3-6,9-10,12,14H2,1-2H3. The molecule has 0 spiro atoms. The van der Waals surface area contributed by atoms with Gasteiger partial charge in [0.2, 0.25) is 5.91 Å². The van der Waals surface area contributed by atoms with Crippen LogP contribution in [0.25, 0.3) is 0 Å². The lowest BCUT2D eigenvalue weighted by Gasteiger charge is -2.19. The number of amides is 1. The fraction of sp³-hybridized carbons (Fsp3) is 0.524. The van der Waals surface area contributed by atoms with Crippen LogP contribution in [0.4, 0.5) is 0 Å². The fourth-order valence-corrected chi connectivity index (χ4v) is 4.39. The van der Waals surface area contributed by atoms with Crippen LogP contribution in [0, 0.1) is 6.92 Å². The largest absolute Gasteiger partial charge is 0.342 e. The number of aryl methyl sites for hydroxylation is 4. The molecule has 1 aromatic heterocycles. The Morgan fingerprint density at radius 3 is 2.80 bits per heavy atom. The normalized spacial score (nSPS) is 19.9. The van der Waals surface area contributed by atoms with Gasteiger partial charge in [0, 0.05) is 32.3 Å². The highest BCUT2D eigenvalue weighted by molar-refractivity contribution is 5.79. The molecule has 2 aromatic rings. The molecule has 1 fully saturated rings. The van der Waals surface area contributed by atoms with Gasteiger partial charge < -0.3 is 9.47 Å². The first-order valence-electron chi connectivity index (χ1n) is 9.48. The number of benzene rings is 1. The molecule has 0 radical (unpaired) electrons. The van der Waals surface area contributed by atoms with Gasteiger partial charge in [0.1, 0.15) is 5.82 Å². The van der Waals surface area contributed by atoms with E-state index in [4.69, 9.17) is 0 Å². The highest BCUT2D eigenvalue weighted by atomic mass is 16.2. The van der Waals surface area contributed by atoms with Gasteiger partial charge >= 0.3 is 0 Å². The van der Waals surface area contributed by atoms with E-state index in [-0.39, 0.29) is 5.91 Å². The summed E-state index contributed by atoms with van der Waals surface area (Å²) in [6.45, 7) is 3.67. The van der Waals surface area contributed by atoms with Crippen LogP contribution in [0.1, 0.15) is 53.4 Å². The molecule has 4 nitrogen and oxygen atoms in total. The maximum absolute atomic E-state index is 12.7. The number of likely N-dealkylation sites (tertiary alicyclic amines) is 1. The summed E-state index contributed by atoms with van der Waals surface area (Å²) in [5.74, 6) is 1.73. The molecule has 1 amide bonds. The summed E-state index contributed by atoms with van der Waals surface area (Å²) in [4.78, 5) is 19.4. The van der Waals surface area contributed by atoms with Gasteiger partial charge in [-0.3, -0.25) is 4.79 Å². The minimum atomic E-state index is 0.254. The van der Waals surface area contributed by atoms with Gasteiger partial charge in [-0.1, -0.05) is 18.2 Å². The van der Waals surface area contributed by atoms with E-state index >= 15 is 0 Å². The van der Waals surface area contributed by atoms with Gasteiger partial charge in [-0.15, -0.1) is 0 Å². The van der Waals surface area contributed by atoms with Crippen molar-refractivity contribution in [3.63, 3.8) is 0 Å². The van der Waals surface area contributed by atoms with Crippen LogP contribution in [0.5, 0.6) is 0 Å². The van der Waals surface area contributed by atoms with Crippen LogP contribution in [0.2, 0.25) is 0 Å². The summed E-state index contributed by atoms with van der Waals surface area (Å²) >= 11 is 0. The van der Waals surface area contributed by atoms with Crippen LogP contribution >= 0.6 is 0 Å². The highest BCUT2D eigenvalue weighted by Gasteiger charge is 2.29. The molecule has 1 saturated heterocycles. The third kappa shape index (κ3) is 3.35. The fourth-order valence-electron chi connectivity index (χ4n) is 4.39. The van der Waals surface area contributed by atoms with E-state index in [0.29, 0.717) is 12.3 Å². The Balaban J connectivity index is 1.41. The zero-order valence-electron chi connectivity index (χ0n) is 15.3. The topological polar surface area (TPSA) is 38.1 Å². The van der Waals surface area contributed by atoms with Crippen LogP contribution in [-0.4, -0.2) is 33.4 Å². The van der Waals surface area contributed by atoms with Gasteiger partial charge in [-0.25, -0.2) is 4.98 Å². The minimum absolute atomic E-state index is 0.254. The Kier molecular flexibility index (Phi) is 4.36. The Morgan fingerprint density at radius 2 is 2.04 bits per heavy atom. The van der Waals surface area contributed by atoms with Gasteiger partial charge in [0.05, 0.1) is 12.1 Å². The molecule has 1 aromatic carbocycles. The monoisotopic (exact) mass is 337 g/mol. The molecule has 25 heavy (non-hydrogen) atoms. The molecule has 4 heteroatoms. The molecule has 2 aliphatic rings. The van der Waals surface area contributed by atoms with Crippen molar-refractivity contribution >= 4 is 5.91 Å². The molecule has 1 atom stereocenters. The smallest absolute Gasteiger partial charge is 0.227 e. The van der Waals surface area contributed by atoms with Crippen LogP contribution in [0.15, 0.2) is 24.4 Å². The lowest BCUT2D eigenvalue weighted by atomic mass is 9.90. The van der Waals surface area contributed by atoms with E-state index in [1.807, 2.05) is 18.9 Å². The molecule has 2 heterocycles. The van der Waals surface area contributed by atoms with Crippen LogP contribution in [0.3, 0.4) is 0 Å². The number of nitrogens with zero attached hydrogens (tertiary/aromatic N) is 3. The lowest BCUT2D eigenvalue weighted by Crippen LogP contribution is -2.30.